The molecule has 0 fully saturated rings. The number of rotatable bonds is 5. The fourth-order valence-electron chi connectivity index (χ4n) is 3.31. The Morgan fingerprint density at radius 2 is 1.82 bits per heavy atom. The molecule has 0 spiro atoms. The summed E-state index contributed by atoms with van der Waals surface area (Å²) in [6, 6.07) is 7.60. The van der Waals surface area contributed by atoms with Crippen LogP contribution >= 0.6 is 34.8 Å². The van der Waals surface area contributed by atoms with Crippen LogP contribution in [-0.4, -0.2) is 37.4 Å². The van der Waals surface area contributed by atoms with Crippen molar-refractivity contribution in [2.24, 2.45) is 5.16 Å². The summed E-state index contributed by atoms with van der Waals surface area (Å²) in [5, 5.41) is 4.60. The molecule has 2 amide bonds. The lowest BCUT2D eigenvalue weighted by Gasteiger charge is -2.29. The summed E-state index contributed by atoms with van der Waals surface area (Å²) in [6.07, 6.45) is -5.58. The molecule has 1 atom stereocenters. The Kier molecular flexibility index (Phi) is 7.66. The minimum Gasteiger partial charge on any atom is -0.375 e. The first kappa shape index (κ1) is 26.1. The largest absolute Gasteiger partial charge is 0.435 e. The van der Waals surface area contributed by atoms with E-state index in [-0.39, 0.29) is 44.2 Å². The van der Waals surface area contributed by atoms with Crippen LogP contribution < -0.4 is 10.4 Å². The Hall–Kier alpha value is -2.53. The van der Waals surface area contributed by atoms with Crippen molar-refractivity contribution in [2.75, 3.05) is 18.7 Å². The van der Waals surface area contributed by atoms with E-state index in [1.807, 2.05) is 0 Å². The van der Waals surface area contributed by atoms with Crippen LogP contribution in [0.15, 0.2) is 41.6 Å². The van der Waals surface area contributed by atoms with Crippen LogP contribution in [0.25, 0.3) is 0 Å². The molecule has 13 heteroatoms. The second-order valence-corrected chi connectivity index (χ2v) is 8.56. The lowest BCUT2D eigenvalue weighted by atomic mass is 9.86. The van der Waals surface area contributed by atoms with E-state index in [0.29, 0.717) is 0 Å². The molecule has 2 aromatic carbocycles. The number of benzene rings is 2. The third-order valence-electron chi connectivity index (χ3n) is 4.86. The predicted molar refractivity (Wildman–Crippen MR) is 121 cm³/mol. The Bertz CT molecular complexity index is 1140. The van der Waals surface area contributed by atoms with E-state index in [1.165, 1.54) is 38.3 Å². The van der Waals surface area contributed by atoms with E-state index >= 15 is 0 Å². The molecule has 3 rings (SSSR count). The third kappa shape index (κ3) is 5.25. The molecule has 2 aromatic rings. The van der Waals surface area contributed by atoms with Crippen molar-refractivity contribution in [3.63, 3.8) is 0 Å². The van der Waals surface area contributed by atoms with Gasteiger partial charge in [-0.15, -0.1) is 0 Å². The number of oxime groups is 1. The van der Waals surface area contributed by atoms with Crippen LogP contribution in [-0.2, 0) is 24.8 Å². The summed E-state index contributed by atoms with van der Waals surface area (Å²) >= 11 is 18.0. The quantitative estimate of drug-likeness (QED) is 0.527. The number of hydrogen-bond donors (Lipinski definition) is 1. The number of ether oxygens (including phenoxy) is 1. The fourth-order valence-corrected chi connectivity index (χ4v) is 4.03. The van der Waals surface area contributed by atoms with Crippen molar-refractivity contribution >= 4 is 58.0 Å². The maximum Gasteiger partial charge on any atom is 0.435 e. The number of carbonyl (C=O) groups excluding carboxylic acids is 2. The van der Waals surface area contributed by atoms with Crippen molar-refractivity contribution in [1.29, 1.82) is 0 Å². The number of methoxy groups -OCH3 is 1. The van der Waals surface area contributed by atoms with E-state index in [2.05, 4.69) is 10.6 Å². The summed E-state index contributed by atoms with van der Waals surface area (Å²) in [7, 11) is 1.30. The van der Waals surface area contributed by atoms with Gasteiger partial charge in [-0.25, -0.2) is 5.01 Å². The molecule has 1 unspecified atom stereocenters. The van der Waals surface area contributed by atoms with Crippen LogP contribution in [0.4, 0.5) is 18.9 Å². The summed E-state index contributed by atoms with van der Waals surface area (Å²) < 4.78 is 47.4. The summed E-state index contributed by atoms with van der Waals surface area (Å²) in [5.74, 6) is -1.25. The van der Waals surface area contributed by atoms with Gasteiger partial charge in [0.15, 0.2) is 0 Å². The number of alkyl halides is 3. The molecule has 1 aliphatic heterocycles. The number of halogens is 6. The van der Waals surface area contributed by atoms with Crippen molar-refractivity contribution in [1.82, 2.24) is 5.43 Å². The van der Waals surface area contributed by atoms with Gasteiger partial charge in [0.05, 0.1) is 16.4 Å². The minimum atomic E-state index is -4.87. The molecule has 7 nitrogen and oxygen atoms in total. The Labute approximate surface area is 207 Å². The van der Waals surface area contributed by atoms with Gasteiger partial charge in [0, 0.05) is 41.6 Å². The maximum absolute atomic E-state index is 14.2. The normalized spacial score (nSPS) is 17.7. The van der Waals surface area contributed by atoms with Crippen molar-refractivity contribution < 1.29 is 32.3 Å². The average Bonchev–Trinajstić information content (AvgIpc) is 3.19. The number of nitrogens with zero attached hydrogens (tertiary/aromatic N) is 2. The molecule has 0 aromatic heterocycles. The van der Waals surface area contributed by atoms with Crippen LogP contribution in [0.1, 0.15) is 24.5 Å². The van der Waals surface area contributed by atoms with Crippen molar-refractivity contribution in [3.8, 4) is 0 Å². The lowest BCUT2D eigenvalue weighted by molar-refractivity contribution is -0.275. The van der Waals surface area contributed by atoms with E-state index in [1.54, 1.807) is 0 Å². The second-order valence-electron chi connectivity index (χ2n) is 7.28. The van der Waals surface area contributed by atoms with Gasteiger partial charge in [0.25, 0.3) is 11.5 Å². The van der Waals surface area contributed by atoms with E-state index in [4.69, 9.17) is 44.4 Å². The van der Waals surface area contributed by atoms with E-state index < -0.39 is 30.0 Å². The molecular formula is C21H17Cl3F3N3O4. The highest BCUT2D eigenvalue weighted by Crippen LogP contribution is 2.50. The summed E-state index contributed by atoms with van der Waals surface area (Å²) in [6.45, 7) is 0.835. The van der Waals surface area contributed by atoms with Gasteiger partial charge in [-0.1, -0.05) is 46.0 Å². The Morgan fingerprint density at radius 3 is 2.38 bits per heavy atom. The van der Waals surface area contributed by atoms with Crippen LogP contribution in [0.3, 0.4) is 0 Å². The van der Waals surface area contributed by atoms with Crippen LogP contribution in [0.2, 0.25) is 15.1 Å². The molecule has 0 aliphatic carbocycles. The molecule has 1 aliphatic rings. The first-order valence-electron chi connectivity index (χ1n) is 9.55. The highest BCUT2D eigenvalue weighted by atomic mass is 35.5. The topological polar surface area (TPSA) is 80.2 Å². The van der Waals surface area contributed by atoms with Gasteiger partial charge < -0.3 is 9.57 Å². The lowest BCUT2D eigenvalue weighted by Crippen LogP contribution is -2.47. The zero-order valence-electron chi connectivity index (χ0n) is 17.7. The van der Waals surface area contributed by atoms with Gasteiger partial charge >= 0.3 is 6.18 Å². The number of amides is 2. The molecule has 182 valence electrons. The fraction of sp³-hybridized carbons (Fsp3) is 0.286. The van der Waals surface area contributed by atoms with Gasteiger partial charge in [0.2, 0.25) is 5.91 Å². The van der Waals surface area contributed by atoms with Crippen molar-refractivity contribution in [3.05, 3.63) is 62.6 Å². The average molecular weight is 539 g/mol. The van der Waals surface area contributed by atoms with Gasteiger partial charge in [-0.05, 0) is 30.3 Å². The molecular weight excluding hydrogens is 522 g/mol. The molecule has 0 saturated carbocycles. The molecule has 0 radical (unpaired) electrons. The van der Waals surface area contributed by atoms with Crippen LogP contribution in [0, 0.1) is 0 Å². The number of hydrazine groups is 1. The number of anilines is 1. The Morgan fingerprint density at radius 1 is 1.18 bits per heavy atom. The predicted octanol–water partition coefficient (Wildman–Crippen LogP) is 5.26. The van der Waals surface area contributed by atoms with E-state index in [9.17, 15) is 22.8 Å². The SMILES string of the molecule is COCC(=O)NN(C(C)=O)c1cc(C2=NOC(c3cc(Cl)cc(Cl)c3)(C(F)(F)F)C2)ccc1Cl. The maximum atomic E-state index is 14.2. The zero-order chi connectivity index (χ0) is 25.3. The first-order chi connectivity index (χ1) is 15.9. The highest BCUT2D eigenvalue weighted by molar-refractivity contribution is 6.35. The molecule has 34 heavy (non-hydrogen) atoms. The number of hydrogen-bond acceptors (Lipinski definition) is 5. The Balaban J connectivity index is 2.00. The van der Waals surface area contributed by atoms with E-state index in [0.717, 1.165) is 17.1 Å². The first-order valence-corrected chi connectivity index (χ1v) is 10.7. The minimum absolute atomic E-state index is 0.000791. The monoisotopic (exact) mass is 537 g/mol. The van der Waals surface area contributed by atoms with Gasteiger partial charge in [-0.3, -0.25) is 15.0 Å². The van der Waals surface area contributed by atoms with Gasteiger partial charge in [-0.2, -0.15) is 13.2 Å². The molecule has 1 N–H and O–H groups in total. The van der Waals surface area contributed by atoms with Gasteiger partial charge in [0.1, 0.15) is 6.61 Å². The number of carbonyl (C=O) groups is 2. The summed E-state index contributed by atoms with van der Waals surface area (Å²) in [4.78, 5) is 29.1. The van der Waals surface area contributed by atoms with Crippen LogP contribution in [0.5, 0.6) is 0 Å². The zero-order valence-corrected chi connectivity index (χ0v) is 19.9. The third-order valence-corrected chi connectivity index (χ3v) is 5.62. The smallest absolute Gasteiger partial charge is 0.375 e. The van der Waals surface area contributed by atoms with Crippen molar-refractivity contribution in [2.45, 2.75) is 25.1 Å². The molecule has 0 saturated heterocycles. The molecule has 1 heterocycles. The second kappa shape index (κ2) is 9.99. The molecule has 0 bridgehead atoms. The number of nitrogens with one attached hydrogen (secondary N) is 1. The standard InChI is InChI=1S/C21H17Cl3F3N3O4/c1-11(31)30(28-19(32)10-33-2)18-5-12(3-4-16(18)24)17-9-20(34-29-17,21(25,26)27)13-6-14(22)8-15(23)7-13/h3-8H,9-10H2,1-2H3,(H,28,32). The highest BCUT2D eigenvalue weighted by Gasteiger charge is 2.62. The summed E-state index contributed by atoms with van der Waals surface area (Å²) in [5.41, 5.74) is -0.684.